The molecule has 1 aliphatic carbocycles. The van der Waals surface area contributed by atoms with Gasteiger partial charge in [-0.15, -0.1) is 0 Å². The minimum absolute atomic E-state index is 0.643. The van der Waals surface area contributed by atoms with E-state index in [0.717, 1.165) is 17.9 Å². The largest absolute Gasteiger partial charge is 0.361 e. The highest BCUT2D eigenvalue weighted by Gasteiger charge is 2.23. The predicted octanol–water partition coefficient (Wildman–Crippen LogP) is 1.44. The Morgan fingerprint density at radius 2 is 2.42 bits per heavy atom. The van der Waals surface area contributed by atoms with Crippen molar-refractivity contribution in [3.63, 3.8) is 0 Å². The number of rotatable bonds is 3. The van der Waals surface area contributed by atoms with Crippen molar-refractivity contribution in [1.82, 2.24) is 5.16 Å². The summed E-state index contributed by atoms with van der Waals surface area (Å²) in [6.45, 7) is 0.649. The molecule has 0 radical (unpaired) electrons. The van der Waals surface area contributed by atoms with Crippen molar-refractivity contribution in [2.45, 2.75) is 31.6 Å². The van der Waals surface area contributed by atoms with Crippen LogP contribution in [0.4, 0.5) is 0 Å². The first kappa shape index (κ1) is 7.80. The van der Waals surface area contributed by atoms with Gasteiger partial charge in [0, 0.05) is 18.4 Å². The molecule has 0 atom stereocenters. The normalized spacial score (nSPS) is 17.8. The second-order valence-electron chi connectivity index (χ2n) is 3.39. The Kier molecular flexibility index (Phi) is 2.13. The SMILES string of the molecule is NCCc1cc(C2CCC2)on1. The minimum Gasteiger partial charge on any atom is -0.361 e. The van der Waals surface area contributed by atoms with Crippen molar-refractivity contribution in [3.8, 4) is 0 Å². The van der Waals surface area contributed by atoms with E-state index < -0.39 is 0 Å². The quantitative estimate of drug-likeness (QED) is 0.739. The fraction of sp³-hybridized carbons (Fsp3) is 0.667. The van der Waals surface area contributed by atoms with Crippen molar-refractivity contribution in [2.24, 2.45) is 5.73 Å². The summed E-state index contributed by atoms with van der Waals surface area (Å²) in [7, 11) is 0. The molecule has 1 aromatic heterocycles. The van der Waals surface area contributed by atoms with E-state index >= 15 is 0 Å². The molecule has 1 aliphatic rings. The van der Waals surface area contributed by atoms with Crippen molar-refractivity contribution < 1.29 is 4.52 Å². The first-order chi connectivity index (χ1) is 5.90. The fourth-order valence-corrected chi connectivity index (χ4v) is 1.48. The Hall–Kier alpha value is -0.830. The average molecular weight is 166 g/mol. The molecule has 3 nitrogen and oxygen atoms in total. The molecule has 1 heterocycles. The topological polar surface area (TPSA) is 52.0 Å². The number of nitrogens with zero attached hydrogens (tertiary/aromatic N) is 1. The summed E-state index contributed by atoms with van der Waals surface area (Å²) in [6, 6.07) is 2.05. The zero-order chi connectivity index (χ0) is 8.39. The molecule has 1 aromatic rings. The van der Waals surface area contributed by atoms with Crippen LogP contribution in [-0.4, -0.2) is 11.7 Å². The zero-order valence-corrected chi connectivity index (χ0v) is 7.12. The molecule has 0 aromatic carbocycles. The molecule has 2 rings (SSSR count). The monoisotopic (exact) mass is 166 g/mol. The standard InChI is InChI=1S/C9H14N2O/c10-5-4-8-6-9(12-11-8)7-2-1-3-7/h6-7H,1-5,10H2. The zero-order valence-electron chi connectivity index (χ0n) is 7.12. The summed E-state index contributed by atoms with van der Waals surface area (Å²) in [5.74, 6) is 1.70. The van der Waals surface area contributed by atoms with Crippen LogP contribution in [0.25, 0.3) is 0 Å². The van der Waals surface area contributed by atoms with Crippen LogP contribution >= 0.6 is 0 Å². The van der Waals surface area contributed by atoms with Crippen LogP contribution < -0.4 is 5.73 Å². The highest BCUT2D eigenvalue weighted by molar-refractivity contribution is 5.12. The third-order valence-electron chi connectivity index (χ3n) is 2.49. The van der Waals surface area contributed by atoms with Gasteiger partial charge >= 0.3 is 0 Å². The van der Waals surface area contributed by atoms with Gasteiger partial charge in [-0.25, -0.2) is 0 Å². The molecule has 0 aliphatic heterocycles. The van der Waals surface area contributed by atoms with Gasteiger partial charge in [0.2, 0.25) is 0 Å². The van der Waals surface area contributed by atoms with Gasteiger partial charge in [-0.2, -0.15) is 0 Å². The molecule has 0 amide bonds. The lowest BCUT2D eigenvalue weighted by molar-refractivity contribution is 0.298. The summed E-state index contributed by atoms with van der Waals surface area (Å²) in [5, 5.41) is 3.95. The van der Waals surface area contributed by atoms with Gasteiger partial charge in [0.15, 0.2) is 0 Å². The Bertz CT molecular complexity index is 253. The van der Waals surface area contributed by atoms with Crippen molar-refractivity contribution in [2.75, 3.05) is 6.54 Å². The Morgan fingerprint density at radius 1 is 1.58 bits per heavy atom. The highest BCUT2D eigenvalue weighted by Crippen LogP contribution is 2.36. The minimum atomic E-state index is 0.643. The lowest BCUT2D eigenvalue weighted by Crippen LogP contribution is -2.07. The molecule has 0 saturated heterocycles. The maximum absolute atomic E-state index is 5.41. The lowest BCUT2D eigenvalue weighted by Gasteiger charge is -2.21. The van der Waals surface area contributed by atoms with Gasteiger partial charge in [0.25, 0.3) is 0 Å². The third kappa shape index (κ3) is 1.37. The Morgan fingerprint density at radius 3 is 3.00 bits per heavy atom. The molecule has 12 heavy (non-hydrogen) atoms. The van der Waals surface area contributed by atoms with E-state index in [9.17, 15) is 0 Å². The van der Waals surface area contributed by atoms with E-state index in [1.54, 1.807) is 0 Å². The maximum Gasteiger partial charge on any atom is 0.140 e. The second-order valence-corrected chi connectivity index (χ2v) is 3.39. The third-order valence-corrected chi connectivity index (χ3v) is 2.49. The highest BCUT2D eigenvalue weighted by atomic mass is 16.5. The maximum atomic E-state index is 5.41. The summed E-state index contributed by atoms with van der Waals surface area (Å²) in [5.41, 5.74) is 6.41. The van der Waals surface area contributed by atoms with Crippen LogP contribution in [0.1, 0.15) is 36.6 Å². The fourth-order valence-electron chi connectivity index (χ4n) is 1.48. The van der Waals surface area contributed by atoms with E-state index in [0.29, 0.717) is 12.5 Å². The van der Waals surface area contributed by atoms with Gasteiger partial charge in [0.1, 0.15) is 5.76 Å². The molecule has 66 valence electrons. The molecule has 0 spiro atoms. The average Bonchev–Trinajstić information content (AvgIpc) is 2.34. The molecule has 2 N–H and O–H groups in total. The number of aromatic nitrogens is 1. The van der Waals surface area contributed by atoms with Gasteiger partial charge in [-0.05, 0) is 19.4 Å². The number of hydrogen-bond acceptors (Lipinski definition) is 3. The van der Waals surface area contributed by atoms with Crippen LogP contribution in [0.2, 0.25) is 0 Å². The van der Waals surface area contributed by atoms with E-state index in [4.69, 9.17) is 10.3 Å². The smallest absolute Gasteiger partial charge is 0.140 e. The van der Waals surface area contributed by atoms with Crippen molar-refractivity contribution in [1.29, 1.82) is 0 Å². The van der Waals surface area contributed by atoms with Crippen LogP contribution in [0.5, 0.6) is 0 Å². The van der Waals surface area contributed by atoms with Crippen molar-refractivity contribution in [3.05, 3.63) is 17.5 Å². The Balaban J connectivity index is 2.02. The van der Waals surface area contributed by atoms with E-state index in [-0.39, 0.29) is 0 Å². The van der Waals surface area contributed by atoms with Crippen molar-refractivity contribution >= 4 is 0 Å². The Labute approximate surface area is 71.9 Å². The molecule has 1 fully saturated rings. The number of nitrogens with two attached hydrogens (primary N) is 1. The molecule has 0 unspecified atom stereocenters. The number of hydrogen-bond donors (Lipinski definition) is 1. The second kappa shape index (κ2) is 3.27. The summed E-state index contributed by atoms with van der Waals surface area (Å²) in [6.07, 6.45) is 4.68. The van der Waals surface area contributed by atoms with E-state index in [2.05, 4.69) is 11.2 Å². The summed E-state index contributed by atoms with van der Waals surface area (Å²) >= 11 is 0. The van der Waals surface area contributed by atoms with Crippen LogP contribution in [0.3, 0.4) is 0 Å². The van der Waals surface area contributed by atoms with Crippen LogP contribution in [0.15, 0.2) is 10.6 Å². The predicted molar refractivity (Wildman–Crippen MR) is 45.9 cm³/mol. The van der Waals surface area contributed by atoms with Crippen LogP contribution in [-0.2, 0) is 6.42 Å². The van der Waals surface area contributed by atoms with E-state index in [1.165, 1.54) is 19.3 Å². The first-order valence-electron chi connectivity index (χ1n) is 4.55. The summed E-state index contributed by atoms with van der Waals surface area (Å²) < 4.78 is 5.22. The first-order valence-corrected chi connectivity index (χ1v) is 4.55. The van der Waals surface area contributed by atoms with Gasteiger partial charge in [-0.1, -0.05) is 11.6 Å². The van der Waals surface area contributed by atoms with E-state index in [1.807, 2.05) is 0 Å². The molecular formula is C9H14N2O. The van der Waals surface area contributed by atoms with Gasteiger partial charge < -0.3 is 10.3 Å². The van der Waals surface area contributed by atoms with Crippen LogP contribution in [0, 0.1) is 0 Å². The van der Waals surface area contributed by atoms with Gasteiger partial charge in [-0.3, -0.25) is 0 Å². The summed E-state index contributed by atoms with van der Waals surface area (Å²) in [4.78, 5) is 0. The van der Waals surface area contributed by atoms with Gasteiger partial charge in [0.05, 0.1) is 5.69 Å². The molecule has 1 saturated carbocycles. The molecule has 0 bridgehead atoms. The lowest BCUT2D eigenvalue weighted by atomic mass is 9.83. The molecule has 3 heteroatoms. The molecular weight excluding hydrogens is 152 g/mol.